The van der Waals surface area contributed by atoms with Gasteiger partial charge in [-0.15, -0.1) is 0 Å². The third kappa shape index (κ3) is 1.57. The number of fused-ring (bicyclic) bond motifs is 3. The molecule has 0 fully saturated rings. The van der Waals surface area contributed by atoms with Gasteiger partial charge in [0.2, 0.25) is 0 Å². The Balaban J connectivity index is 2.73. The Morgan fingerprint density at radius 3 is 2.39 bits per heavy atom. The van der Waals surface area contributed by atoms with Crippen molar-refractivity contribution in [2.75, 3.05) is 0 Å². The molecule has 0 atom stereocenters. The van der Waals surface area contributed by atoms with Crippen molar-refractivity contribution in [2.24, 2.45) is 0 Å². The predicted molar refractivity (Wildman–Crippen MR) is 77.1 cm³/mol. The van der Waals surface area contributed by atoms with E-state index in [4.69, 9.17) is 8.83 Å². The quantitative estimate of drug-likeness (QED) is 0.539. The SMILES string of the molecule is Cc1oc(C)c2c1c(=O)oc1c(Br)cc(Br)cc12. The van der Waals surface area contributed by atoms with E-state index in [1.54, 1.807) is 6.92 Å². The summed E-state index contributed by atoms with van der Waals surface area (Å²) in [6, 6.07) is 3.77. The molecule has 3 rings (SSSR count). The van der Waals surface area contributed by atoms with Crippen molar-refractivity contribution in [3.05, 3.63) is 43.0 Å². The molecule has 1 aromatic carbocycles. The molecule has 3 aromatic rings. The zero-order chi connectivity index (χ0) is 13.0. The highest BCUT2D eigenvalue weighted by Crippen LogP contribution is 2.35. The molecule has 0 aliphatic rings. The summed E-state index contributed by atoms with van der Waals surface area (Å²) in [4.78, 5) is 12.0. The lowest BCUT2D eigenvalue weighted by Crippen LogP contribution is -1.99. The van der Waals surface area contributed by atoms with E-state index >= 15 is 0 Å². The number of hydrogen-bond acceptors (Lipinski definition) is 3. The Morgan fingerprint density at radius 2 is 1.67 bits per heavy atom. The first-order chi connectivity index (χ1) is 8.49. The first-order valence-corrected chi connectivity index (χ1v) is 6.89. The van der Waals surface area contributed by atoms with Crippen LogP contribution < -0.4 is 5.63 Å². The fourth-order valence-corrected chi connectivity index (χ4v) is 3.55. The summed E-state index contributed by atoms with van der Waals surface area (Å²) < 4.78 is 12.6. The molecule has 2 aromatic heterocycles. The Hall–Kier alpha value is -1.07. The van der Waals surface area contributed by atoms with Gasteiger partial charge in [-0.1, -0.05) is 15.9 Å². The second-order valence-corrected chi connectivity index (χ2v) is 5.89. The van der Waals surface area contributed by atoms with Gasteiger partial charge in [0.15, 0.2) is 5.58 Å². The lowest BCUT2D eigenvalue weighted by Gasteiger charge is -2.02. The molecule has 2 heterocycles. The molecule has 92 valence electrons. The van der Waals surface area contributed by atoms with E-state index < -0.39 is 0 Å². The summed E-state index contributed by atoms with van der Waals surface area (Å²) in [5, 5.41) is 2.20. The third-order valence-electron chi connectivity index (χ3n) is 2.94. The number of aryl methyl sites for hydroxylation is 2. The number of rotatable bonds is 0. The van der Waals surface area contributed by atoms with Crippen molar-refractivity contribution in [2.45, 2.75) is 13.8 Å². The fraction of sp³-hybridized carbons (Fsp3) is 0.154. The summed E-state index contributed by atoms with van der Waals surface area (Å²) in [6.45, 7) is 3.62. The number of furan rings is 1. The van der Waals surface area contributed by atoms with Gasteiger partial charge in [0.1, 0.15) is 16.9 Å². The second kappa shape index (κ2) is 3.96. The van der Waals surface area contributed by atoms with E-state index in [0.29, 0.717) is 16.7 Å². The molecule has 5 heteroatoms. The van der Waals surface area contributed by atoms with Crippen molar-refractivity contribution in [3.8, 4) is 0 Å². The molecule has 0 N–H and O–H groups in total. The molecule has 0 radical (unpaired) electrons. The van der Waals surface area contributed by atoms with Crippen LogP contribution in [-0.4, -0.2) is 0 Å². The highest BCUT2D eigenvalue weighted by molar-refractivity contribution is 9.11. The van der Waals surface area contributed by atoms with E-state index in [2.05, 4.69) is 31.9 Å². The molecule has 18 heavy (non-hydrogen) atoms. The Kier molecular flexibility index (Phi) is 2.64. The molecule has 0 bridgehead atoms. The Bertz CT molecular complexity index is 843. The summed E-state index contributed by atoms with van der Waals surface area (Å²) >= 11 is 6.84. The van der Waals surface area contributed by atoms with Crippen LogP contribution >= 0.6 is 31.9 Å². The largest absolute Gasteiger partial charge is 0.465 e. The van der Waals surface area contributed by atoms with Crippen molar-refractivity contribution < 1.29 is 8.83 Å². The first kappa shape index (κ1) is 12.0. The summed E-state index contributed by atoms with van der Waals surface area (Å²) in [5.41, 5.74) is 0.175. The zero-order valence-electron chi connectivity index (χ0n) is 9.64. The maximum absolute atomic E-state index is 12.0. The average molecular weight is 372 g/mol. The van der Waals surface area contributed by atoms with Crippen LogP contribution in [0.25, 0.3) is 21.7 Å². The number of benzene rings is 1. The Labute approximate surface area is 119 Å². The molecular weight excluding hydrogens is 364 g/mol. The van der Waals surface area contributed by atoms with E-state index in [1.165, 1.54) is 0 Å². The van der Waals surface area contributed by atoms with Crippen molar-refractivity contribution >= 4 is 53.6 Å². The molecule has 0 saturated carbocycles. The molecule has 0 amide bonds. The maximum Gasteiger partial charge on any atom is 0.347 e. The van der Waals surface area contributed by atoms with Crippen LogP contribution in [0.3, 0.4) is 0 Å². The van der Waals surface area contributed by atoms with E-state index in [0.717, 1.165) is 25.5 Å². The van der Waals surface area contributed by atoms with Crippen LogP contribution in [0.5, 0.6) is 0 Å². The number of halogens is 2. The van der Waals surface area contributed by atoms with Crippen LogP contribution in [0.1, 0.15) is 11.5 Å². The van der Waals surface area contributed by atoms with Gasteiger partial charge >= 0.3 is 5.63 Å². The highest BCUT2D eigenvalue weighted by atomic mass is 79.9. The van der Waals surface area contributed by atoms with Gasteiger partial charge in [0.25, 0.3) is 0 Å². The van der Waals surface area contributed by atoms with Gasteiger partial charge in [-0.25, -0.2) is 4.79 Å². The molecule has 0 unspecified atom stereocenters. The molecule has 0 aliphatic heterocycles. The van der Waals surface area contributed by atoms with Gasteiger partial charge in [-0.05, 0) is 41.9 Å². The highest BCUT2D eigenvalue weighted by Gasteiger charge is 2.17. The minimum atomic E-state index is -0.366. The molecular formula is C13H8Br2O3. The van der Waals surface area contributed by atoms with Gasteiger partial charge < -0.3 is 8.83 Å². The average Bonchev–Trinajstić information content (AvgIpc) is 2.57. The fourth-order valence-electron chi connectivity index (χ4n) is 2.25. The minimum Gasteiger partial charge on any atom is -0.465 e. The van der Waals surface area contributed by atoms with Crippen LogP contribution in [-0.2, 0) is 0 Å². The van der Waals surface area contributed by atoms with E-state index in [9.17, 15) is 4.79 Å². The van der Waals surface area contributed by atoms with Crippen LogP contribution in [0.2, 0.25) is 0 Å². The van der Waals surface area contributed by atoms with Gasteiger partial charge in [-0.2, -0.15) is 0 Å². The summed E-state index contributed by atoms with van der Waals surface area (Å²) in [5.74, 6) is 1.32. The summed E-state index contributed by atoms with van der Waals surface area (Å²) in [7, 11) is 0. The van der Waals surface area contributed by atoms with Gasteiger partial charge in [0, 0.05) is 15.2 Å². The third-order valence-corrected chi connectivity index (χ3v) is 3.98. The summed E-state index contributed by atoms with van der Waals surface area (Å²) in [6.07, 6.45) is 0. The molecule has 3 nitrogen and oxygen atoms in total. The smallest absolute Gasteiger partial charge is 0.347 e. The van der Waals surface area contributed by atoms with E-state index in [-0.39, 0.29) is 5.63 Å². The van der Waals surface area contributed by atoms with Crippen LogP contribution in [0.15, 0.2) is 34.7 Å². The lowest BCUT2D eigenvalue weighted by molar-refractivity contribution is 0.508. The monoisotopic (exact) mass is 370 g/mol. The lowest BCUT2D eigenvalue weighted by atomic mass is 10.1. The number of hydrogen-bond donors (Lipinski definition) is 0. The Morgan fingerprint density at radius 1 is 1.00 bits per heavy atom. The second-order valence-electron chi connectivity index (χ2n) is 4.12. The molecule has 0 saturated heterocycles. The maximum atomic E-state index is 12.0. The minimum absolute atomic E-state index is 0.366. The van der Waals surface area contributed by atoms with Gasteiger partial charge in [0.05, 0.1) is 4.47 Å². The topological polar surface area (TPSA) is 43.4 Å². The van der Waals surface area contributed by atoms with E-state index in [1.807, 2.05) is 19.1 Å². The van der Waals surface area contributed by atoms with Crippen LogP contribution in [0, 0.1) is 13.8 Å². The van der Waals surface area contributed by atoms with Crippen molar-refractivity contribution in [1.82, 2.24) is 0 Å². The predicted octanol–water partition coefficient (Wildman–Crippen LogP) is 4.68. The molecule has 0 aliphatic carbocycles. The first-order valence-electron chi connectivity index (χ1n) is 5.30. The molecule has 0 spiro atoms. The standard InChI is InChI=1S/C13H8Br2O3/c1-5-10-8-3-7(14)4-9(15)12(8)18-13(16)11(10)6(2)17-5/h3-4H,1-2H3. The van der Waals surface area contributed by atoms with Crippen LogP contribution in [0.4, 0.5) is 0 Å². The van der Waals surface area contributed by atoms with Crippen molar-refractivity contribution in [1.29, 1.82) is 0 Å². The normalized spacial score (nSPS) is 11.6. The van der Waals surface area contributed by atoms with Gasteiger partial charge in [-0.3, -0.25) is 0 Å². The zero-order valence-corrected chi connectivity index (χ0v) is 12.8. The van der Waals surface area contributed by atoms with Crippen molar-refractivity contribution in [3.63, 3.8) is 0 Å².